The van der Waals surface area contributed by atoms with E-state index in [-0.39, 0.29) is 11.7 Å². The van der Waals surface area contributed by atoms with Gasteiger partial charge in [0.2, 0.25) is 0 Å². The number of fused-ring (bicyclic) bond motifs is 1. The lowest BCUT2D eigenvalue weighted by Crippen LogP contribution is -2.33. The first kappa shape index (κ1) is 15.8. The second kappa shape index (κ2) is 7.02. The zero-order chi connectivity index (χ0) is 16.2. The molecule has 2 aromatic rings. The number of benzene rings is 2. The number of hydrogen-bond donors (Lipinski definition) is 1. The van der Waals surface area contributed by atoms with E-state index < -0.39 is 5.97 Å². The van der Waals surface area contributed by atoms with Crippen LogP contribution in [0, 0.1) is 0 Å². The lowest BCUT2D eigenvalue weighted by molar-refractivity contribution is 0.00259. The van der Waals surface area contributed by atoms with Gasteiger partial charge in [-0.05, 0) is 33.6 Å². The van der Waals surface area contributed by atoms with E-state index >= 15 is 0 Å². The van der Waals surface area contributed by atoms with Gasteiger partial charge in [0.1, 0.15) is 6.61 Å². The highest BCUT2D eigenvalue weighted by Crippen LogP contribution is 2.36. The summed E-state index contributed by atoms with van der Waals surface area (Å²) in [5.41, 5.74) is 1.22. The van der Waals surface area contributed by atoms with Crippen molar-refractivity contribution in [2.24, 2.45) is 0 Å². The largest absolute Gasteiger partial charge is 0.486 e. The molecular formula is C17H15BrO5. The fraction of sp³-hybridized carbons (Fsp3) is 0.235. The molecule has 1 aliphatic rings. The molecule has 5 nitrogen and oxygen atoms in total. The molecule has 1 atom stereocenters. The van der Waals surface area contributed by atoms with Crippen LogP contribution in [0.25, 0.3) is 0 Å². The van der Waals surface area contributed by atoms with Crippen molar-refractivity contribution in [1.29, 1.82) is 0 Å². The number of carbonyl (C=O) groups is 1. The number of carboxylic acid groups (broad SMARTS) is 1. The maximum Gasteiger partial charge on any atom is 0.336 e. The minimum atomic E-state index is -1.02. The molecule has 0 radical (unpaired) electrons. The summed E-state index contributed by atoms with van der Waals surface area (Å²) < 4.78 is 17.5. The number of rotatable bonds is 5. The fourth-order valence-corrected chi connectivity index (χ4v) is 2.76. The molecule has 0 spiro atoms. The maximum atomic E-state index is 11.2. The van der Waals surface area contributed by atoms with Crippen LogP contribution >= 0.6 is 15.9 Å². The summed E-state index contributed by atoms with van der Waals surface area (Å²) in [6.45, 7) is 1.22. The molecule has 0 saturated heterocycles. The lowest BCUT2D eigenvalue weighted by Gasteiger charge is -2.27. The van der Waals surface area contributed by atoms with Gasteiger partial charge in [0, 0.05) is 4.47 Å². The Kier molecular flexibility index (Phi) is 4.83. The summed E-state index contributed by atoms with van der Waals surface area (Å²) in [5, 5.41) is 9.15. The monoisotopic (exact) mass is 378 g/mol. The Balaban J connectivity index is 1.61. The van der Waals surface area contributed by atoms with Gasteiger partial charge < -0.3 is 19.3 Å². The van der Waals surface area contributed by atoms with E-state index in [0.29, 0.717) is 35.8 Å². The third kappa shape index (κ3) is 3.83. The molecule has 120 valence electrons. The third-order valence-corrected chi connectivity index (χ3v) is 4.05. The molecule has 0 unspecified atom stereocenters. The molecule has 3 rings (SSSR count). The Bertz CT molecular complexity index is 702. The number of aromatic carboxylic acids is 1. The smallest absolute Gasteiger partial charge is 0.336 e. The van der Waals surface area contributed by atoms with Gasteiger partial charge in [0.15, 0.2) is 17.6 Å². The van der Waals surface area contributed by atoms with Gasteiger partial charge in [0.25, 0.3) is 0 Å². The van der Waals surface area contributed by atoms with Crippen LogP contribution in [-0.2, 0) is 11.3 Å². The molecule has 1 aliphatic heterocycles. The van der Waals surface area contributed by atoms with Crippen molar-refractivity contribution in [1.82, 2.24) is 0 Å². The van der Waals surface area contributed by atoms with Gasteiger partial charge in [-0.25, -0.2) is 4.79 Å². The van der Waals surface area contributed by atoms with Crippen LogP contribution in [-0.4, -0.2) is 30.4 Å². The average Bonchev–Trinajstić information content (AvgIpc) is 2.55. The zero-order valence-electron chi connectivity index (χ0n) is 12.2. The molecule has 0 saturated carbocycles. The van der Waals surface area contributed by atoms with Gasteiger partial charge in [-0.15, -0.1) is 0 Å². The first-order valence-corrected chi connectivity index (χ1v) is 7.91. The van der Waals surface area contributed by atoms with Crippen LogP contribution in [0.5, 0.6) is 11.5 Å². The van der Waals surface area contributed by atoms with Crippen LogP contribution in [0.15, 0.2) is 46.9 Å². The summed E-state index contributed by atoms with van der Waals surface area (Å²) in [5.74, 6) is -0.0722. The minimum absolute atomic E-state index is 0.137. The number of ether oxygens (including phenoxy) is 3. The Hall–Kier alpha value is -2.05. The third-order valence-electron chi connectivity index (χ3n) is 3.40. The van der Waals surface area contributed by atoms with Crippen LogP contribution in [0.2, 0.25) is 0 Å². The molecule has 0 bridgehead atoms. The predicted molar refractivity (Wildman–Crippen MR) is 87.1 cm³/mol. The first-order chi connectivity index (χ1) is 11.1. The van der Waals surface area contributed by atoms with Crippen molar-refractivity contribution >= 4 is 21.9 Å². The van der Waals surface area contributed by atoms with Gasteiger partial charge in [-0.2, -0.15) is 0 Å². The van der Waals surface area contributed by atoms with Crippen LogP contribution in [0.3, 0.4) is 0 Å². The predicted octanol–water partition coefficient (Wildman–Crippen LogP) is 3.50. The highest BCUT2D eigenvalue weighted by molar-refractivity contribution is 9.10. The molecule has 23 heavy (non-hydrogen) atoms. The first-order valence-electron chi connectivity index (χ1n) is 7.11. The second-order valence-electron chi connectivity index (χ2n) is 5.14. The van der Waals surface area contributed by atoms with Crippen molar-refractivity contribution in [3.05, 3.63) is 58.1 Å². The summed E-state index contributed by atoms with van der Waals surface area (Å²) in [7, 11) is 0. The zero-order valence-corrected chi connectivity index (χ0v) is 13.8. The molecule has 0 fully saturated rings. The van der Waals surface area contributed by atoms with E-state index in [9.17, 15) is 4.79 Å². The molecule has 0 aliphatic carbocycles. The van der Waals surface area contributed by atoms with Crippen molar-refractivity contribution in [2.75, 3.05) is 13.2 Å². The second-order valence-corrected chi connectivity index (χ2v) is 5.99. The summed E-state index contributed by atoms with van der Waals surface area (Å²) in [4.78, 5) is 11.2. The quantitative estimate of drug-likeness (QED) is 0.862. The van der Waals surface area contributed by atoms with Crippen molar-refractivity contribution in [3.8, 4) is 11.5 Å². The summed E-state index contributed by atoms with van der Waals surface area (Å²) in [6.07, 6.45) is -0.269. The lowest BCUT2D eigenvalue weighted by atomic mass is 10.2. The van der Waals surface area contributed by atoms with E-state index in [4.69, 9.17) is 19.3 Å². The Morgan fingerprint density at radius 3 is 2.78 bits per heavy atom. The van der Waals surface area contributed by atoms with Crippen LogP contribution in [0.1, 0.15) is 15.9 Å². The Labute approximate surface area is 141 Å². The molecule has 0 aromatic heterocycles. The van der Waals surface area contributed by atoms with E-state index in [1.54, 1.807) is 6.07 Å². The summed E-state index contributed by atoms with van der Waals surface area (Å²) >= 11 is 3.22. The van der Waals surface area contributed by atoms with E-state index in [2.05, 4.69) is 15.9 Å². The normalized spacial score (nSPS) is 16.1. The standard InChI is InChI=1S/C17H15BrO5/c18-14-7-15-16(6-13(14)17(19)20)23-12(10-22-15)9-21-8-11-4-2-1-3-5-11/h1-7,12H,8-10H2,(H,19,20)/t12-/m0/s1. The maximum absolute atomic E-state index is 11.2. The highest BCUT2D eigenvalue weighted by atomic mass is 79.9. The SMILES string of the molecule is O=C(O)c1cc2c(cc1Br)OC[C@H](COCc1ccccc1)O2. The topological polar surface area (TPSA) is 65.0 Å². The highest BCUT2D eigenvalue weighted by Gasteiger charge is 2.24. The van der Waals surface area contributed by atoms with Crippen molar-refractivity contribution in [2.45, 2.75) is 12.7 Å². The molecule has 1 heterocycles. The Morgan fingerprint density at radius 2 is 2.04 bits per heavy atom. The van der Waals surface area contributed by atoms with E-state index in [1.165, 1.54) is 6.07 Å². The van der Waals surface area contributed by atoms with E-state index in [0.717, 1.165) is 5.56 Å². The minimum Gasteiger partial charge on any atom is -0.486 e. The molecular weight excluding hydrogens is 364 g/mol. The van der Waals surface area contributed by atoms with Gasteiger partial charge >= 0.3 is 5.97 Å². The van der Waals surface area contributed by atoms with Gasteiger partial charge in [-0.3, -0.25) is 0 Å². The van der Waals surface area contributed by atoms with Crippen molar-refractivity contribution in [3.63, 3.8) is 0 Å². The number of hydrogen-bond acceptors (Lipinski definition) is 4. The number of carboxylic acids is 1. The van der Waals surface area contributed by atoms with Gasteiger partial charge in [0.05, 0.1) is 18.8 Å². The number of halogens is 1. The van der Waals surface area contributed by atoms with Crippen LogP contribution in [0.4, 0.5) is 0 Å². The average molecular weight is 379 g/mol. The summed E-state index contributed by atoms with van der Waals surface area (Å²) in [6, 6.07) is 12.9. The Morgan fingerprint density at radius 1 is 1.26 bits per heavy atom. The molecule has 2 aromatic carbocycles. The van der Waals surface area contributed by atoms with Crippen molar-refractivity contribution < 1.29 is 24.1 Å². The van der Waals surface area contributed by atoms with Gasteiger partial charge in [-0.1, -0.05) is 30.3 Å². The molecule has 6 heteroatoms. The van der Waals surface area contributed by atoms with E-state index in [1.807, 2.05) is 30.3 Å². The van der Waals surface area contributed by atoms with Crippen LogP contribution < -0.4 is 9.47 Å². The molecule has 1 N–H and O–H groups in total. The molecule has 0 amide bonds. The fourth-order valence-electron chi connectivity index (χ4n) is 2.26.